The molecule has 0 radical (unpaired) electrons. The molecule has 0 aliphatic heterocycles. The molecule has 0 aromatic heterocycles. The first kappa shape index (κ1) is 21.2. The first-order valence-corrected chi connectivity index (χ1v) is 10.9. The Balaban J connectivity index is 2.41. The van der Waals surface area contributed by atoms with Crippen molar-refractivity contribution < 1.29 is 13.0 Å². The third-order valence-electron chi connectivity index (χ3n) is 4.67. The Labute approximate surface area is 148 Å². The van der Waals surface area contributed by atoms with Crippen molar-refractivity contribution in [3.63, 3.8) is 0 Å². The lowest BCUT2D eigenvalue weighted by molar-refractivity contribution is 0.427. The van der Waals surface area contributed by atoms with Gasteiger partial charge in [0.2, 0.25) is 0 Å². The van der Waals surface area contributed by atoms with Crippen molar-refractivity contribution in [3.05, 3.63) is 35.4 Å². The molecule has 24 heavy (non-hydrogen) atoms. The van der Waals surface area contributed by atoms with Crippen molar-refractivity contribution in [3.8, 4) is 0 Å². The van der Waals surface area contributed by atoms with E-state index in [1.165, 1.54) is 44.9 Å². The SMILES string of the molecule is CCCCCCCCC(C)CC(C)c1cccc(CS(=O)(=O)[O-])c1. The van der Waals surface area contributed by atoms with Crippen LogP contribution in [-0.4, -0.2) is 13.0 Å². The fourth-order valence-corrected chi connectivity index (χ4v) is 3.91. The van der Waals surface area contributed by atoms with E-state index in [1.54, 1.807) is 6.07 Å². The molecule has 3 nitrogen and oxygen atoms in total. The summed E-state index contributed by atoms with van der Waals surface area (Å²) in [6, 6.07) is 7.47. The largest absolute Gasteiger partial charge is 0.748 e. The molecule has 1 aromatic carbocycles. The fourth-order valence-electron chi connectivity index (χ4n) is 3.32. The molecule has 0 spiro atoms. The summed E-state index contributed by atoms with van der Waals surface area (Å²) in [4.78, 5) is 0. The van der Waals surface area contributed by atoms with Gasteiger partial charge in [-0.3, -0.25) is 0 Å². The summed E-state index contributed by atoms with van der Waals surface area (Å²) < 4.78 is 32.7. The Morgan fingerprint density at radius 3 is 2.38 bits per heavy atom. The quantitative estimate of drug-likeness (QED) is 0.362. The summed E-state index contributed by atoms with van der Waals surface area (Å²) in [7, 11) is -4.21. The molecule has 2 atom stereocenters. The molecule has 0 fully saturated rings. The lowest BCUT2D eigenvalue weighted by Crippen LogP contribution is -2.05. The summed E-state index contributed by atoms with van der Waals surface area (Å²) in [5.74, 6) is 0.633. The molecule has 2 unspecified atom stereocenters. The van der Waals surface area contributed by atoms with Crippen LogP contribution in [0.3, 0.4) is 0 Å². The van der Waals surface area contributed by atoms with Crippen molar-refractivity contribution in [2.45, 2.75) is 83.8 Å². The zero-order valence-corrected chi connectivity index (χ0v) is 16.3. The highest BCUT2D eigenvalue weighted by Crippen LogP contribution is 2.27. The molecule has 1 aromatic rings. The first-order valence-electron chi connectivity index (χ1n) is 9.34. The second kappa shape index (κ2) is 10.9. The number of unbranched alkanes of at least 4 members (excludes halogenated alkanes) is 5. The maximum Gasteiger partial charge on any atom is 0.0988 e. The Hall–Kier alpha value is -0.870. The summed E-state index contributed by atoms with van der Waals surface area (Å²) >= 11 is 0. The molecular weight excluding hydrogens is 320 g/mol. The van der Waals surface area contributed by atoms with Gasteiger partial charge in [0, 0.05) is 0 Å². The van der Waals surface area contributed by atoms with Crippen molar-refractivity contribution in [1.82, 2.24) is 0 Å². The minimum absolute atomic E-state index is 0.384. The minimum Gasteiger partial charge on any atom is -0.748 e. The van der Waals surface area contributed by atoms with Crippen LogP contribution in [0.25, 0.3) is 0 Å². The third-order valence-corrected chi connectivity index (χ3v) is 5.36. The van der Waals surface area contributed by atoms with E-state index in [0.717, 1.165) is 12.0 Å². The highest BCUT2D eigenvalue weighted by molar-refractivity contribution is 7.84. The topological polar surface area (TPSA) is 57.2 Å². The van der Waals surface area contributed by atoms with Gasteiger partial charge in [-0.2, -0.15) is 0 Å². The van der Waals surface area contributed by atoms with Crippen molar-refractivity contribution >= 4 is 10.1 Å². The molecule has 0 aliphatic rings. The second-order valence-electron chi connectivity index (χ2n) is 7.25. The predicted molar refractivity (Wildman–Crippen MR) is 100 cm³/mol. The molecule has 138 valence electrons. The maximum atomic E-state index is 10.9. The van der Waals surface area contributed by atoms with Crippen LogP contribution in [0.15, 0.2) is 24.3 Å². The molecule has 0 saturated carbocycles. The molecule has 1 rings (SSSR count). The number of hydrogen-bond donors (Lipinski definition) is 0. The van der Waals surface area contributed by atoms with Crippen LogP contribution in [0.2, 0.25) is 0 Å². The van der Waals surface area contributed by atoms with Gasteiger partial charge in [-0.25, -0.2) is 8.42 Å². The Morgan fingerprint density at radius 1 is 1.04 bits per heavy atom. The van der Waals surface area contributed by atoms with E-state index in [0.29, 0.717) is 17.4 Å². The average molecular weight is 354 g/mol. The van der Waals surface area contributed by atoms with E-state index in [2.05, 4.69) is 20.8 Å². The zero-order valence-electron chi connectivity index (χ0n) is 15.5. The van der Waals surface area contributed by atoms with Crippen molar-refractivity contribution in [2.24, 2.45) is 5.92 Å². The standard InChI is InChI=1S/C20H34O3S/c1-4-5-6-7-8-9-11-17(2)14-18(3)20-13-10-12-19(15-20)16-24(21,22)23/h10,12-13,15,17-18H,4-9,11,14,16H2,1-3H3,(H,21,22,23)/p-1. The summed E-state index contributed by atoms with van der Waals surface area (Å²) in [5.41, 5.74) is 1.73. The van der Waals surface area contributed by atoms with Gasteiger partial charge < -0.3 is 4.55 Å². The van der Waals surface area contributed by atoms with Crippen LogP contribution >= 0.6 is 0 Å². The maximum absolute atomic E-state index is 10.9. The van der Waals surface area contributed by atoms with E-state index in [4.69, 9.17) is 0 Å². The van der Waals surface area contributed by atoms with Gasteiger partial charge in [0.1, 0.15) is 0 Å². The van der Waals surface area contributed by atoms with Gasteiger partial charge in [-0.05, 0) is 29.4 Å². The minimum atomic E-state index is -4.21. The molecule has 0 heterocycles. The lowest BCUT2D eigenvalue weighted by Gasteiger charge is -2.18. The second-order valence-corrected chi connectivity index (χ2v) is 8.65. The van der Waals surface area contributed by atoms with Gasteiger partial charge in [0.25, 0.3) is 0 Å². The summed E-state index contributed by atoms with van der Waals surface area (Å²) in [6.45, 7) is 6.72. The number of benzene rings is 1. The Bertz CT molecular complexity index is 566. The van der Waals surface area contributed by atoms with Gasteiger partial charge in [-0.15, -0.1) is 0 Å². The van der Waals surface area contributed by atoms with E-state index in [9.17, 15) is 13.0 Å². The van der Waals surface area contributed by atoms with Crippen LogP contribution in [-0.2, 0) is 15.9 Å². The molecule has 4 heteroatoms. The van der Waals surface area contributed by atoms with Gasteiger partial charge in [0.15, 0.2) is 0 Å². The van der Waals surface area contributed by atoms with Crippen LogP contribution in [0.1, 0.15) is 89.2 Å². The van der Waals surface area contributed by atoms with Crippen LogP contribution in [0.5, 0.6) is 0 Å². The Morgan fingerprint density at radius 2 is 1.71 bits per heavy atom. The summed E-state index contributed by atoms with van der Waals surface area (Å²) in [5, 5.41) is 0. The highest BCUT2D eigenvalue weighted by Gasteiger charge is 2.12. The smallest absolute Gasteiger partial charge is 0.0988 e. The molecule has 0 saturated heterocycles. The predicted octanol–water partition coefficient (Wildman–Crippen LogP) is 5.61. The third kappa shape index (κ3) is 9.43. The van der Waals surface area contributed by atoms with E-state index in [1.807, 2.05) is 18.2 Å². The van der Waals surface area contributed by atoms with E-state index in [-0.39, 0.29) is 0 Å². The Kier molecular flexibility index (Phi) is 9.60. The number of rotatable bonds is 12. The normalized spacial score (nSPS) is 14.5. The van der Waals surface area contributed by atoms with Gasteiger partial charge in [0.05, 0.1) is 15.9 Å². The molecule has 0 amide bonds. The van der Waals surface area contributed by atoms with Crippen molar-refractivity contribution in [1.29, 1.82) is 0 Å². The first-order chi connectivity index (χ1) is 11.3. The van der Waals surface area contributed by atoms with Crippen LogP contribution in [0.4, 0.5) is 0 Å². The van der Waals surface area contributed by atoms with E-state index < -0.39 is 15.9 Å². The lowest BCUT2D eigenvalue weighted by atomic mass is 9.88. The average Bonchev–Trinajstić information content (AvgIpc) is 2.49. The van der Waals surface area contributed by atoms with Gasteiger partial charge >= 0.3 is 0 Å². The fraction of sp³-hybridized carbons (Fsp3) is 0.700. The van der Waals surface area contributed by atoms with Gasteiger partial charge in [-0.1, -0.05) is 90.0 Å². The van der Waals surface area contributed by atoms with Crippen LogP contribution in [0, 0.1) is 5.92 Å². The summed E-state index contributed by atoms with van der Waals surface area (Å²) in [6.07, 6.45) is 10.3. The monoisotopic (exact) mass is 353 g/mol. The van der Waals surface area contributed by atoms with E-state index >= 15 is 0 Å². The highest BCUT2D eigenvalue weighted by atomic mass is 32.2. The molecular formula is C20H33O3S-. The number of hydrogen-bond acceptors (Lipinski definition) is 3. The van der Waals surface area contributed by atoms with Crippen LogP contribution < -0.4 is 0 Å². The molecule has 0 N–H and O–H groups in total. The van der Waals surface area contributed by atoms with Crippen molar-refractivity contribution in [2.75, 3.05) is 0 Å². The molecule has 0 aliphatic carbocycles. The zero-order chi connectivity index (χ0) is 18.0. The molecule has 0 bridgehead atoms.